The molecule has 9 nitrogen and oxygen atoms in total. The first-order chi connectivity index (χ1) is 16.9. The lowest BCUT2D eigenvalue weighted by atomic mass is 10.1. The molecule has 3 heterocycles. The number of aliphatic carboxylic acids is 1. The van der Waals surface area contributed by atoms with E-state index in [4.69, 9.17) is 10.5 Å². The highest BCUT2D eigenvalue weighted by atomic mass is 32.1. The molecule has 1 saturated carbocycles. The van der Waals surface area contributed by atoms with Gasteiger partial charge in [0.15, 0.2) is 0 Å². The maximum atomic E-state index is 13.4. The Balaban J connectivity index is 1.38. The van der Waals surface area contributed by atoms with Crippen LogP contribution in [0.3, 0.4) is 0 Å². The highest BCUT2D eigenvalue weighted by molar-refractivity contribution is 7.20. The number of nitrogens with one attached hydrogen (secondary N) is 1. The molecular weight excluding hydrogens is 468 g/mol. The summed E-state index contributed by atoms with van der Waals surface area (Å²) in [5, 5.41) is 13.1. The van der Waals surface area contributed by atoms with Crippen molar-refractivity contribution in [3.8, 4) is 5.19 Å². The van der Waals surface area contributed by atoms with Gasteiger partial charge in [-0.15, -0.1) is 0 Å². The number of thiazole rings is 1. The average Bonchev–Trinajstić information content (AvgIpc) is 3.15. The number of carboxylic acid groups (broad SMARTS) is 1. The molecule has 1 aromatic heterocycles. The minimum absolute atomic E-state index is 0.198. The van der Waals surface area contributed by atoms with Crippen molar-refractivity contribution in [2.75, 3.05) is 6.54 Å². The first-order valence-electron chi connectivity index (χ1n) is 12.2. The minimum Gasteiger partial charge on any atom is -0.479 e. The molecule has 2 fully saturated rings. The Morgan fingerprint density at radius 1 is 1.26 bits per heavy atom. The zero-order valence-electron chi connectivity index (χ0n) is 19.4. The third kappa shape index (κ3) is 4.77. The van der Waals surface area contributed by atoms with Crippen molar-refractivity contribution in [1.82, 2.24) is 15.2 Å². The topological polar surface area (TPSA) is 135 Å². The van der Waals surface area contributed by atoms with Gasteiger partial charge in [0.2, 0.25) is 11.8 Å². The SMILES string of the molecule is N[C@H]1CCCCC/C=C\[C@H]2C[C@@]2(C(=O)O)NC(=O)[C@@H]2C[C@@H](Oc3nc4ccccc4s3)CN2C1=O. The van der Waals surface area contributed by atoms with Crippen LogP contribution in [0.15, 0.2) is 36.4 Å². The number of para-hydroxylation sites is 1. The number of rotatable bonds is 3. The average molecular weight is 499 g/mol. The number of nitrogens with two attached hydrogens (primary N) is 1. The highest BCUT2D eigenvalue weighted by Gasteiger charge is 2.61. The molecule has 0 bridgehead atoms. The van der Waals surface area contributed by atoms with E-state index in [0.717, 1.165) is 35.9 Å². The van der Waals surface area contributed by atoms with Crippen LogP contribution >= 0.6 is 11.3 Å². The maximum Gasteiger partial charge on any atom is 0.330 e. The fourth-order valence-corrected chi connectivity index (χ4v) is 5.97. The predicted octanol–water partition coefficient (Wildman–Crippen LogP) is 2.45. The Morgan fingerprint density at radius 3 is 2.89 bits per heavy atom. The molecule has 1 aliphatic carbocycles. The summed E-state index contributed by atoms with van der Waals surface area (Å²) < 4.78 is 7.10. The second-order valence-corrected chi connectivity index (χ2v) is 10.7. The van der Waals surface area contributed by atoms with E-state index in [2.05, 4.69) is 10.3 Å². The van der Waals surface area contributed by atoms with Gasteiger partial charge in [0.25, 0.3) is 5.19 Å². The van der Waals surface area contributed by atoms with Crippen LogP contribution < -0.4 is 15.8 Å². The van der Waals surface area contributed by atoms with Crippen molar-refractivity contribution in [3.63, 3.8) is 0 Å². The second kappa shape index (κ2) is 9.58. The second-order valence-electron chi connectivity index (χ2n) is 9.68. The van der Waals surface area contributed by atoms with Crippen molar-refractivity contribution >= 4 is 39.3 Å². The molecular formula is C25H30N4O5S. The summed E-state index contributed by atoms with van der Waals surface area (Å²) >= 11 is 1.41. The summed E-state index contributed by atoms with van der Waals surface area (Å²) in [7, 11) is 0. The molecule has 0 spiro atoms. The van der Waals surface area contributed by atoms with Crippen LogP contribution in [0.1, 0.15) is 44.9 Å². The summed E-state index contributed by atoms with van der Waals surface area (Å²) in [6.07, 6.45) is 8.11. The van der Waals surface area contributed by atoms with Crippen molar-refractivity contribution in [1.29, 1.82) is 0 Å². The number of fused-ring (bicyclic) bond motifs is 3. The van der Waals surface area contributed by atoms with E-state index in [0.29, 0.717) is 18.0 Å². The minimum atomic E-state index is -1.32. The van der Waals surface area contributed by atoms with Gasteiger partial charge in [0.1, 0.15) is 17.7 Å². The van der Waals surface area contributed by atoms with Crippen LogP contribution in [0.25, 0.3) is 10.2 Å². The molecule has 186 valence electrons. The van der Waals surface area contributed by atoms with Gasteiger partial charge in [0, 0.05) is 12.3 Å². The van der Waals surface area contributed by atoms with E-state index >= 15 is 0 Å². The third-order valence-electron chi connectivity index (χ3n) is 7.20. The quantitative estimate of drug-likeness (QED) is 0.553. The van der Waals surface area contributed by atoms with Gasteiger partial charge in [-0.2, -0.15) is 0 Å². The number of hydrogen-bond donors (Lipinski definition) is 3. The predicted molar refractivity (Wildman–Crippen MR) is 131 cm³/mol. The van der Waals surface area contributed by atoms with Crippen molar-refractivity contribution in [2.45, 2.75) is 68.7 Å². The number of carbonyl (C=O) groups is 3. The first-order valence-corrected chi connectivity index (χ1v) is 13.0. The Hall–Kier alpha value is -2.98. The Bertz CT molecular complexity index is 1130. The Labute approximate surface area is 207 Å². The number of benzene rings is 1. The molecule has 2 aliphatic heterocycles. The molecule has 0 radical (unpaired) electrons. The lowest BCUT2D eigenvalue weighted by molar-refractivity contribution is -0.145. The number of aromatic nitrogens is 1. The molecule has 0 unspecified atom stereocenters. The molecule has 1 saturated heterocycles. The summed E-state index contributed by atoms with van der Waals surface area (Å²) in [5.41, 5.74) is 5.74. The van der Waals surface area contributed by atoms with Gasteiger partial charge < -0.3 is 25.8 Å². The highest BCUT2D eigenvalue weighted by Crippen LogP contribution is 2.45. The molecule has 4 N–H and O–H groups in total. The van der Waals surface area contributed by atoms with Crippen LogP contribution in [-0.2, 0) is 14.4 Å². The number of hydrogen-bond acceptors (Lipinski definition) is 7. The van der Waals surface area contributed by atoms with Gasteiger partial charge in [-0.25, -0.2) is 9.78 Å². The van der Waals surface area contributed by atoms with Crippen molar-refractivity contribution < 1.29 is 24.2 Å². The molecule has 1 aromatic carbocycles. The van der Waals surface area contributed by atoms with E-state index in [1.54, 1.807) is 0 Å². The van der Waals surface area contributed by atoms with E-state index in [-0.39, 0.29) is 24.8 Å². The third-order valence-corrected chi connectivity index (χ3v) is 8.13. The summed E-state index contributed by atoms with van der Waals surface area (Å²) in [5.74, 6) is -2.09. The lowest BCUT2D eigenvalue weighted by Crippen LogP contribution is -2.55. The van der Waals surface area contributed by atoms with E-state index in [1.165, 1.54) is 16.2 Å². The summed E-state index contributed by atoms with van der Waals surface area (Å²) in [4.78, 5) is 44.7. The smallest absolute Gasteiger partial charge is 0.330 e. The van der Waals surface area contributed by atoms with E-state index < -0.39 is 35.6 Å². The molecule has 35 heavy (non-hydrogen) atoms. The molecule has 2 aromatic rings. The summed E-state index contributed by atoms with van der Waals surface area (Å²) in [6, 6.07) is 6.13. The number of ether oxygens (including phenoxy) is 1. The Kier molecular flexibility index (Phi) is 6.50. The zero-order chi connectivity index (χ0) is 24.6. The van der Waals surface area contributed by atoms with Crippen LogP contribution in [0.2, 0.25) is 0 Å². The van der Waals surface area contributed by atoms with Crippen LogP contribution in [0, 0.1) is 5.92 Å². The summed E-state index contributed by atoms with van der Waals surface area (Å²) in [6.45, 7) is 0.198. The fraction of sp³-hybridized carbons (Fsp3) is 0.520. The van der Waals surface area contributed by atoms with Crippen LogP contribution in [0.4, 0.5) is 0 Å². The number of carbonyl (C=O) groups excluding carboxylic acids is 2. The molecule has 5 atom stereocenters. The lowest BCUT2D eigenvalue weighted by Gasteiger charge is -2.27. The van der Waals surface area contributed by atoms with Gasteiger partial charge >= 0.3 is 5.97 Å². The molecule has 5 rings (SSSR count). The van der Waals surface area contributed by atoms with Gasteiger partial charge in [-0.1, -0.05) is 48.5 Å². The number of carboxylic acids is 1. The van der Waals surface area contributed by atoms with Gasteiger partial charge in [0.05, 0.1) is 22.8 Å². The van der Waals surface area contributed by atoms with E-state index in [1.807, 2.05) is 36.4 Å². The Morgan fingerprint density at radius 2 is 2.09 bits per heavy atom. The standard InChI is InChI=1S/C25H30N4O5S/c26-17-9-5-3-1-2-4-8-15-13-25(15,23(32)33)28-21(30)19-12-16(14-29(19)22(17)31)34-24-27-18-10-6-7-11-20(18)35-24/h4,6-8,10-11,15-17,19H,1-3,5,9,12-14,26H2,(H,28,30)(H,32,33)/b8-4-/t15-,16+,17-,19-,25+/m0/s1. The van der Waals surface area contributed by atoms with Gasteiger partial charge in [-0.05, 0) is 37.8 Å². The van der Waals surface area contributed by atoms with Gasteiger partial charge in [-0.3, -0.25) is 9.59 Å². The maximum absolute atomic E-state index is 13.4. The van der Waals surface area contributed by atoms with Crippen LogP contribution in [-0.4, -0.2) is 63.0 Å². The largest absolute Gasteiger partial charge is 0.479 e. The number of amides is 2. The monoisotopic (exact) mass is 498 g/mol. The normalized spacial score (nSPS) is 32.7. The zero-order valence-corrected chi connectivity index (χ0v) is 20.2. The van der Waals surface area contributed by atoms with Crippen LogP contribution in [0.5, 0.6) is 5.19 Å². The van der Waals surface area contributed by atoms with E-state index in [9.17, 15) is 19.5 Å². The molecule has 3 aliphatic rings. The van der Waals surface area contributed by atoms with Crippen molar-refractivity contribution in [2.24, 2.45) is 11.7 Å². The number of nitrogens with zero attached hydrogens (tertiary/aromatic N) is 2. The molecule has 2 amide bonds. The number of allylic oxidation sites excluding steroid dienone is 1. The molecule has 10 heteroatoms. The fourth-order valence-electron chi connectivity index (χ4n) is 5.09. The van der Waals surface area contributed by atoms with Crippen molar-refractivity contribution in [3.05, 3.63) is 36.4 Å². The first kappa shape index (κ1) is 23.7.